The Kier molecular flexibility index (Phi) is 8.17. The highest BCUT2D eigenvalue weighted by Gasteiger charge is 2.61. The van der Waals surface area contributed by atoms with Crippen LogP contribution in [0.3, 0.4) is 0 Å². The summed E-state index contributed by atoms with van der Waals surface area (Å²) in [4.78, 5) is 0. The van der Waals surface area contributed by atoms with Gasteiger partial charge < -0.3 is 10.2 Å². The Morgan fingerprint density at radius 2 is 1.51 bits per heavy atom. The van der Waals surface area contributed by atoms with Crippen LogP contribution in [-0.2, 0) is 0 Å². The molecule has 2 heteroatoms. The number of hydrogen-bond acceptors (Lipinski definition) is 2. The van der Waals surface area contributed by atoms with E-state index in [1.54, 1.807) is 0 Å². The van der Waals surface area contributed by atoms with Gasteiger partial charge in [-0.3, -0.25) is 0 Å². The summed E-state index contributed by atoms with van der Waals surface area (Å²) < 4.78 is 0. The van der Waals surface area contributed by atoms with Gasteiger partial charge in [0, 0.05) is 6.42 Å². The zero-order valence-electron chi connectivity index (χ0n) is 24.5. The van der Waals surface area contributed by atoms with Crippen molar-refractivity contribution < 1.29 is 10.2 Å². The molecule has 9 atom stereocenters. The molecule has 35 heavy (non-hydrogen) atoms. The highest BCUT2D eigenvalue weighted by atomic mass is 16.3. The highest BCUT2D eigenvalue weighted by Crippen LogP contribution is 2.69. The molecule has 0 heterocycles. The van der Waals surface area contributed by atoms with E-state index in [4.69, 9.17) is 0 Å². The fourth-order valence-electron chi connectivity index (χ4n) is 10.6. The maximum Gasteiger partial charge on any atom is 0.0678 e. The summed E-state index contributed by atoms with van der Waals surface area (Å²) >= 11 is 0. The summed E-state index contributed by atoms with van der Waals surface area (Å²) in [6.07, 6.45) is 17.8. The SMILES string of the molecule is CCC(O)(CC)C[C@@]1(O)CC[C@@]2(C)C(CC[C@H]3[C@@H]4CC[C@H]([C@H](C)CCCC(C)C)[C@@]4(C)CC[C@@H]32)C1. The van der Waals surface area contributed by atoms with Gasteiger partial charge in [-0.25, -0.2) is 0 Å². The van der Waals surface area contributed by atoms with Crippen LogP contribution >= 0.6 is 0 Å². The van der Waals surface area contributed by atoms with E-state index in [1.165, 1.54) is 57.8 Å². The molecule has 204 valence electrons. The van der Waals surface area contributed by atoms with E-state index in [2.05, 4.69) is 48.5 Å². The van der Waals surface area contributed by atoms with Crippen molar-refractivity contribution in [1.82, 2.24) is 0 Å². The van der Waals surface area contributed by atoms with Crippen LogP contribution in [0.2, 0.25) is 0 Å². The van der Waals surface area contributed by atoms with Gasteiger partial charge in [0.05, 0.1) is 11.2 Å². The number of rotatable bonds is 9. The number of hydrogen-bond donors (Lipinski definition) is 2. The maximum atomic E-state index is 11.7. The summed E-state index contributed by atoms with van der Waals surface area (Å²) in [5, 5.41) is 22.7. The summed E-state index contributed by atoms with van der Waals surface area (Å²) in [6, 6.07) is 0. The molecule has 4 saturated carbocycles. The molecule has 0 aliphatic heterocycles. The molecule has 2 N–H and O–H groups in total. The van der Waals surface area contributed by atoms with Crippen molar-refractivity contribution in [2.75, 3.05) is 0 Å². The Bertz CT molecular complexity index is 712. The van der Waals surface area contributed by atoms with Crippen LogP contribution in [0.4, 0.5) is 0 Å². The normalized spacial score (nSPS) is 44.6. The molecule has 0 saturated heterocycles. The molecule has 0 aromatic carbocycles. The second-order valence-corrected chi connectivity index (χ2v) is 15.2. The lowest BCUT2D eigenvalue weighted by molar-refractivity contribution is -0.168. The molecule has 1 unspecified atom stereocenters. The molecule has 4 fully saturated rings. The molecule has 4 aliphatic rings. The topological polar surface area (TPSA) is 40.5 Å². The molecule has 0 spiro atoms. The van der Waals surface area contributed by atoms with Crippen molar-refractivity contribution in [3.05, 3.63) is 0 Å². The van der Waals surface area contributed by atoms with Gasteiger partial charge in [0.25, 0.3) is 0 Å². The van der Waals surface area contributed by atoms with Gasteiger partial charge >= 0.3 is 0 Å². The quantitative estimate of drug-likeness (QED) is 0.340. The second kappa shape index (κ2) is 10.2. The predicted molar refractivity (Wildman–Crippen MR) is 148 cm³/mol. The lowest BCUT2D eigenvalue weighted by Gasteiger charge is -2.62. The number of fused-ring (bicyclic) bond motifs is 5. The molecular weight excluding hydrogens is 428 g/mol. The first kappa shape index (κ1) is 27.9. The smallest absolute Gasteiger partial charge is 0.0678 e. The molecule has 2 nitrogen and oxygen atoms in total. The number of aliphatic hydroxyl groups is 2. The lowest BCUT2D eigenvalue weighted by Crippen LogP contribution is -2.57. The molecule has 0 amide bonds. The third-order valence-corrected chi connectivity index (χ3v) is 13.0. The van der Waals surface area contributed by atoms with Crippen LogP contribution in [0, 0.1) is 52.3 Å². The largest absolute Gasteiger partial charge is 0.390 e. The maximum absolute atomic E-state index is 11.7. The first-order valence-electron chi connectivity index (χ1n) is 15.8. The van der Waals surface area contributed by atoms with E-state index in [0.29, 0.717) is 23.2 Å². The average molecular weight is 489 g/mol. The van der Waals surface area contributed by atoms with Crippen LogP contribution in [-0.4, -0.2) is 21.4 Å². The molecule has 0 aromatic heterocycles. The molecule has 0 bridgehead atoms. The fourth-order valence-corrected chi connectivity index (χ4v) is 10.6. The van der Waals surface area contributed by atoms with Gasteiger partial charge in [-0.1, -0.05) is 67.7 Å². The Hall–Kier alpha value is -0.0800. The predicted octanol–water partition coefficient (Wildman–Crippen LogP) is 8.78. The van der Waals surface area contributed by atoms with E-state index in [1.807, 2.05) is 0 Å². The van der Waals surface area contributed by atoms with E-state index in [0.717, 1.165) is 67.6 Å². The van der Waals surface area contributed by atoms with Crippen LogP contribution in [0.5, 0.6) is 0 Å². The standard InChI is InChI=1S/C33H60O2/c1-8-32(34,9-2)22-33(35)20-19-30(6)25(21-33)13-14-26-28-16-15-27(24(5)12-10-11-23(3)4)31(28,7)18-17-29(26)30/h23-29,34-35H,8-22H2,1-7H3/t24-,25?,26+,27-,28+,29+,30+,31-,33-/m1/s1. The van der Waals surface area contributed by atoms with Gasteiger partial charge in [0.1, 0.15) is 0 Å². The third-order valence-electron chi connectivity index (χ3n) is 13.0. The van der Waals surface area contributed by atoms with E-state index >= 15 is 0 Å². The van der Waals surface area contributed by atoms with Crippen molar-refractivity contribution in [3.63, 3.8) is 0 Å². The van der Waals surface area contributed by atoms with Gasteiger partial charge in [-0.05, 0) is 123 Å². The summed E-state index contributed by atoms with van der Waals surface area (Å²) in [5.41, 5.74) is -0.397. The average Bonchev–Trinajstić information content (AvgIpc) is 3.16. The van der Waals surface area contributed by atoms with Crippen LogP contribution in [0.25, 0.3) is 0 Å². The fraction of sp³-hybridized carbons (Fsp3) is 1.00. The van der Waals surface area contributed by atoms with Crippen molar-refractivity contribution >= 4 is 0 Å². The minimum atomic E-state index is -0.697. The summed E-state index contributed by atoms with van der Waals surface area (Å²) in [7, 11) is 0. The summed E-state index contributed by atoms with van der Waals surface area (Å²) in [5.74, 6) is 5.99. The first-order chi connectivity index (χ1) is 16.4. The Morgan fingerprint density at radius 1 is 0.829 bits per heavy atom. The van der Waals surface area contributed by atoms with Crippen molar-refractivity contribution in [3.8, 4) is 0 Å². The van der Waals surface area contributed by atoms with Crippen LogP contribution in [0.15, 0.2) is 0 Å². The molecule has 4 aliphatic carbocycles. The molecule has 0 radical (unpaired) electrons. The lowest BCUT2D eigenvalue weighted by atomic mass is 9.43. The zero-order valence-corrected chi connectivity index (χ0v) is 24.5. The van der Waals surface area contributed by atoms with Crippen molar-refractivity contribution in [1.29, 1.82) is 0 Å². The Labute approximate surface area is 218 Å². The molecular formula is C33H60O2. The Balaban J connectivity index is 1.44. The van der Waals surface area contributed by atoms with E-state index in [-0.39, 0.29) is 0 Å². The van der Waals surface area contributed by atoms with Crippen LogP contribution in [0.1, 0.15) is 145 Å². The minimum Gasteiger partial charge on any atom is -0.390 e. The zero-order chi connectivity index (χ0) is 25.6. The van der Waals surface area contributed by atoms with Gasteiger partial charge in [-0.15, -0.1) is 0 Å². The Morgan fingerprint density at radius 3 is 2.17 bits per heavy atom. The monoisotopic (exact) mass is 488 g/mol. The minimum absolute atomic E-state index is 0.397. The van der Waals surface area contributed by atoms with E-state index in [9.17, 15) is 10.2 Å². The van der Waals surface area contributed by atoms with Crippen LogP contribution < -0.4 is 0 Å². The molecule has 4 rings (SSSR count). The third kappa shape index (κ3) is 5.15. The van der Waals surface area contributed by atoms with Gasteiger partial charge in [0.2, 0.25) is 0 Å². The van der Waals surface area contributed by atoms with Crippen molar-refractivity contribution in [2.45, 2.75) is 156 Å². The van der Waals surface area contributed by atoms with E-state index < -0.39 is 11.2 Å². The first-order valence-corrected chi connectivity index (χ1v) is 15.8. The summed E-state index contributed by atoms with van der Waals surface area (Å²) in [6.45, 7) is 16.8. The van der Waals surface area contributed by atoms with Crippen molar-refractivity contribution in [2.24, 2.45) is 52.3 Å². The highest BCUT2D eigenvalue weighted by molar-refractivity contribution is 5.11. The van der Waals surface area contributed by atoms with Gasteiger partial charge in [-0.2, -0.15) is 0 Å². The van der Waals surface area contributed by atoms with Gasteiger partial charge in [0.15, 0.2) is 0 Å². The molecule has 0 aromatic rings. The second-order valence-electron chi connectivity index (χ2n) is 15.2.